The number of aliphatic hydroxyl groups is 9. The monoisotopic (exact) mass is 784 g/mol. The highest BCUT2D eigenvalue weighted by atomic mass is 16.8. The Hall–Kier alpha value is -0.780. The van der Waals surface area contributed by atoms with E-state index >= 15 is 0 Å². The van der Waals surface area contributed by atoms with E-state index in [0.717, 1.165) is 44.1 Å². The summed E-state index contributed by atoms with van der Waals surface area (Å²) in [7, 11) is 0. The second-order valence-corrected chi connectivity index (χ2v) is 19.9. The number of hydrogen-bond acceptors (Lipinski definition) is 13. The predicted octanol–water partition coefficient (Wildman–Crippen LogP) is 2.15. The molecule has 0 radical (unpaired) electrons. The second kappa shape index (κ2) is 15.7. The molecule has 4 saturated carbocycles. The molecule has 20 atom stereocenters. The third kappa shape index (κ3) is 7.00. The van der Waals surface area contributed by atoms with Crippen molar-refractivity contribution < 1.29 is 64.9 Å². The molecule has 4 aliphatic carbocycles. The summed E-state index contributed by atoms with van der Waals surface area (Å²) in [5.74, 6) is 0.522. The Morgan fingerprint density at radius 3 is 2.13 bits per heavy atom. The molecule has 6 rings (SSSR count). The van der Waals surface area contributed by atoms with Crippen LogP contribution in [-0.2, 0) is 18.9 Å². The summed E-state index contributed by atoms with van der Waals surface area (Å²) in [6.07, 6.45) is -6.42. The maximum atomic E-state index is 12.4. The predicted molar refractivity (Wildman–Crippen MR) is 201 cm³/mol. The molecule has 2 saturated heterocycles. The van der Waals surface area contributed by atoms with Crippen molar-refractivity contribution >= 4 is 0 Å². The normalized spacial score (nSPS) is 52.5. The van der Waals surface area contributed by atoms with Gasteiger partial charge in [0.05, 0.1) is 37.1 Å². The van der Waals surface area contributed by atoms with Crippen LogP contribution in [0.3, 0.4) is 0 Å². The van der Waals surface area contributed by atoms with E-state index in [0.29, 0.717) is 19.3 Å². The average molecular weight is 785 g/mol. The van der Waals surface area contributed by atoms with E-state index in [4.69, 9.17) is 18.9 Å². The first-order valence-electron chi connectivity index (χ1n) is 20.9. The number of fused-ring (bicyclic) bond motifs is 5. The number of allylic oxidation sites excluding steroid dienone is 1. The Balaban J connectivity index is 1.34. The fourth-order valence-electron chi connectivity index (χ4n) is 13.3. The minimum absolute atomic E-state index is 0.0428. The van der Waals surface area contributed by atoms with Gasteiger partial charge in [-0.25, -0.2) is 0 Å². The van der Waals surface area contributed by atoms with Crippen molar-refractivity contribution in [3.05, 3.63) is 11.6 Å². The fraction of sp³-hybridized carbons (Fsp3) is 0.952. The van der Waals surface area contributed by atoms with Crippen molar-refractivity contribution in [2.24, 2.45) is 45.3 Å². The quantitative estimate of drug-likeness (QED) is 0.145. The van der Waals surface area contributed by atoms with Gasteiger partial charge in [0, 0.05) is 5.41 Å². The highest BCUT2D eigenvalue weighted by Crippen LogP contribution is 2.76. The van der Waals surface area contributed by atoms with E-state index in [9.17, 15) is 46.0 Å². The first-order chi connectivity index (χ1) is 25.6. The summed E-state index contributed by atoms with van der Waals surface area (Å²) in [5, 5.41) is 97.6. The average Bonchev–Trinajstić information content (AvgIpc) is 3.51. The van der Waals surface area contributed by atoms with Crippen LogP contribution in [0.15, 0.2) is 11.6 Å². The molecular weight excluding hydrogens is 712 g/mol. The molecule has 318 valence electrons. The molecule has 2 heterocycles. The second-order valence-electron chi connectivity index (χ2n) is 19.9. The summed E-state index contributed by atoms with van der Waals surface area (Å²) in [6.45, 7) is 16.1. The molecular formula is C42H72O13. The van der Waals surface area contributed by atoms with Crippen LogP contribution >= 0.6 is 0 Å². The van der Waals surface area contributed by atoms with Crippen LogP contribution < -0.4 is 0 Å². The van der Waals surface area contributed by atoms with Crippen LogP contribution in [0.1, 0.15) is 113 Å². The van der Waals surface area contributed by atoms with Gasteiger partial charge in [0.25, 0.3) is 0 Å². The van der Waals surface area contributed by atoms with Crippen LogP contribution in [0.5, 0.6) is 0 Å². The first-order valence-corrected chi connectivity index (χ1v) is 20.9. The van der Waals surface area contributed by atoms with Crippen molar-refractivity contribution in [3.8, 4) is 0 Å². The number of rotatable bonds is 10. The van der Waals surface area contributed by atoms with Crippen molar-refractivity contribution in [2.45, 2.75) is 192 Å². The molecule has 6 fully saturated rings. The summed E-state index contributed by atoms with van der Waals surface area (Å²) in [6, 6.07) is 0. The zero-order chi connectivity index (χ0) is 40.6. The molecule has 0 aromatic heterocycles. The highest BCUT2D eigenvalue weighted by molar-refractivity contribution is 5.21. The molecule has 9 N–H and O–H groups in total. The van der Waals surface area contributed by atoms with Crippen molar-refractivity contribution in [1.29, 1.82) is 0 Å². The van der Waals surface area contributed by atoms with Gasteiger partial charge in [0.1, 0.15) is 42.7 Å². The van der Waals surface area contributed by atoms with E-state index in [2.05, 4.69) is 34.6 Å². The Morgan fingerprint density at radius 2 is 1.47 bits per heavy atom. The van der Waals surface area contributed by atoms with Crippen LogP contribution in [0.2, 0.25) is 0 Å². The summed E-state index contributed by atoms with van der Waals surface area (Å²) in [5.41, 5.74) is -1.16. The van der Waals surface area contributed by atoms with E-state index in [-0.39, 0.29) is 46.5 Å². The lowest BCUT2D eigenvalue weighted by atomic mass is 9.34. The lowest BCUT2D eigenvalue weighted by Gasteiger charge is -2.71. The molecule has 6 aliphatic rings. The van der Waals surface area contributed by atoms with Crippen molar-refractivity contribution in [2.75, 3.05) is 13.2 Å². The van der Waals surface area contributed by atoms with E-state index < -0.39 is 91.2 Å². The van der Waals surface area contributed by atoms with Crippen LogP contribution in [0, 0.1) is 45.3 Å². The standard InChI is InChI=1S/C42H72O13/c1-21(19-43)10-9-15-41(7,55-37-35(33(50)31(48)25(20-44)53-37)54-36-34(51)32(49)30(47)22(2)52-36)24-13-17-40(6)23(24)11-12-26-39(5)16-14-28(45)38(3,4)27(39)18-29(46)42(26,40)8/h10,22-37,43-51H,9,11-20H2,1-8H3/t22?,23-,24+,25?,26-,27+,28+,29+,30?,31?,32?,33?,34?,35?,36?,37?,39-,40-,41+,42+/m1/s1. The van der Waals surface area contributed by atoms with Gasteiger partial charge in [-0.2, -0.15) is 0 Å². The van der Waals surface area contributed by atoms with E-state index in [1.54, 1.807) is 0 Å². The van der Waals surface area contributed by atoms with Crippen LogP contribution in [-0.4, -0.2) is 138 Å². The zero-order valence-corrected chi connectivity index (χ0v) is 34.3. The highest BCUT2D eigenvalue weighted by Gasteiger charge is 2.72. The maximum absolute atomic E-state index is 12.4. The van der Waals surface area contributed by atoms with Gasteiger partial charge in [-0.15, -0.1) is 0 Å². The molecule has 55 heavy (non-hydrogen) atoms. The Bertz CT molecular complexity index is 1380. The largest absolute Gasteiger partial charge is 0.394 e. The molecule has 13 heteroatoms. The van der Waals surface area contributed by atoms with Gasteiger partial charge in [-0.1, -0.05) is 46.3 Å². The third-order valence-corrected chi connectivity index (χ3v) is 16.9. The Labute approximate surface area is 327 Å². The zero-order valence-electron chi connectivity index (χ0n) is 34.3. The molecule has 0 aromatic rings. The SMILES string of the molecule is CC(=CCC[C@](C)(OC1OC(CO)C(O)C(O)C1OC1OC(C)C(O)C(O)C1O)[C@H]1CC[C@]2(C)[C@@H]1CC[C@@H]1[C@@]3(C)CC[C@H](O)C(C)(C)[C@@H]3C[C@H](O)[C@]12C)CO. The molecule has 0 aromatic carbocycles. The number of hydrogen-bond donors (Lipinski definition) is 9. The lowest BCUT2D eigenvalue weighted by molar-refractivity contribution is -0.379. The number of ether oxygens (including phenoxy) is 4. The van der Waals surface area contributed by atoms with Crippen molar-refractivity contribution in [3.63, 3.8) is 0 Å². The maximum Gasteiger partial charge on any atom is 0.187 e. The molecule has 0 amide bonds. The van der Waals surface area contributed by atoms with Gasteiger partial charge >= 0.3 is 0 Å². The lowest BCUT2D eigenvalue weighted by Crippen LogP contribution is -2.69. The fourth-order valence-corrected chi connectivity index (χ4v) is 13.3. The van der Waals surface area contributed by atoms with Gasteiger partial charge in [-0.05, 0) is 118 Å². The summed E-state index contributed by atoms with van der Waals surface area (Å²) >= 11 is 0. The smallest absolute Gasteiger partial charge is 0.187 e. The molecule has 13 nitrogen and oxygen atoms in total. The van der Waals surface area contributed by atoms with E-state index in [1.807, 2.05) is 19.9 Å². The Kier molecular flexibility index (Phi) is 12.5. The number of aliphatic hydroxyl groups excluding tert-OH is 9. The third-order valence-electron chi connectivity index (χ3n) is 16.9. The minimum Gasteiger partial charge on any atom is -0.394 e. The topological polar surface area (TPSA) is 219 Å². The van der Waals surface area contributed by atoms with Gasteiger partial charge < -0.3 is 64.9 Å². The Morgan fingerprint density at radius 1 is 0.782 bits per heavy atom. The van der Waals surface area contributed by atoms with Crippen LogP contribution in [0.4, 0.5) is 0 Å². The minimum atomic E-state index is -1.68. The van der Waals surface area contributed by atoms with Crippen LogP contribution in [0.25, 0.3) is 0 Å². The molecule has 10 unspecified atom stereocenters. The molecule has 2 aliphatic heterocycles. The van der Waals surface area contributed by atoms with Gasteiger partial charge in [0.2, 0.25) is 0 Å². The summed E-state index contributed by atoms with van der Waals surface area (Å²) < 4.78 is 25.1. The summed E-state index contributed by atoms with van der Waals surface area (Å²) in [4.78, 5) is 0. The molecule has 0 spiro atoms. The molecule has 0 bridgehead atoms. The van der Waals surface area contributed by atoms with Crippen molar-refractivity contribution in [1.82, 2.24) is 0 Å². The van der Waals surface area contributed by atoms with Gasteiger partial charge in [-0.3, -0.25) is 0 Å². The van der Waals surface area contributed by atoms with E-state index in [1.165, 1.54) is 6.92 Å². The van der Waals surface area contributed by atoms with Gasteiger partial charge in [0.15, 0.2) is 12.6 Å². The first kappa shape index (κ1) is 43.8.